The topological polar surface area (TPSA) is 101 Å². The first-order valence-corrected chi connectivity index (χ1v) is 6.90. The zero-order valence-electron chi connectivity index (χ0n) is 12.0. The van der Waals surface area contributed by atoms with Gasteiger partial charge in [0, 0.05) is 24.5 Å². The molecular formula is C14H15N5O3. The van der Waals surface area contributed by atoms with E-state index in [2.05, 4.69) is 20.2 Å². The Labute approximate surface area is 126 Å². The van der Waals surface area contributed by atoms with E-state index in [1.807, 2.05) is 0 Å². The minimum Gasteiger partial charge on any atom is -0.367 e. The van der Waals surface area contributed by atoms with E-state index in [9.17, 15) is 9.59 Å². The number of H-pyrrole nitrogens is 1. The van der Waals surface area contributed by atoms with Crippen LogP contribution in [-0.4, -0.2) is 50.7 Å². The Balaban J connectivity index is 1.79. The summed E-state index contributed by atoms with van der Waals surface area (Å²) < 4.78 is 5.63. The summed E-state index contributed by atoms with van der Waals surface area (Å²) in [5.74, 6) is 0.220. The van der Waals surface area contributed by atoms with Gasteiger partial charge in [-0.2, -0.15) is 5.10 Å². The second-order valence-electron chi connectivity index (χ2n) is 4.99. The molecule has 8 nitrogen and oxygen atoms in total. The number of aryl methyl sites for hydroxylation is 1. The predicted molar refractivity (Wildman–Crippen MR) is 76.2 cm³/mol. The first-order chi connectivity index (χ1) is 10.6. The van der Waals surface area contributed by atoms with Crippen LogP contribution in [0.4, 0.5) is 0 Å². The van der Waals surface area contributed by atoms with Crippen LogP contribution >= 0.6 is 0 Å². The molecule has 1 N–H and O–H groups in total. The summed E-state index contributed by atoms with van der Waals surface area (Å²) in [7, 11) is 0. The monoisotopic (exact) mass is 301 g/mol. The van der Waals surface area contributed by atoms with Gasteiger partial charge in [0.1, 0.15) is 11.9 Å². The van der Waals surface area contributed by atoms with Crippen LogP contribution < -0.4 is 5.56 Å². The third kappa shape index (κ3) is 3.01. The van der Waals surface area contributed by atoms with Crippen molar-refractivity contribution in [2.24, 2.45) is 0 Å². The molecule has 1 saturated heterocycles. The fraction of sp³-hybridized carbons (Fsp3) is 0.357. The van der Waals surface area contributed by atoms with Gasteiger partial charge in [-0.1, -0.05) is 0 Å². The second kappa shape index (κ2) is 6.02. The van der Waals surface area contributed by atoms with Crippen molar-refractivity contribution in [1.82, 2.24) is 25.1 Å². The quantitative estimate of drug-likeness (QED) is 0.843. The third-order valence-corrected chi connectivity index (χ3v) is 3.34. The maximum atomic E-state index is 12.4. The number of aromatic nitrogens is 4. The van der Waals surface area contributed by atoms with E-state index in [1.165, 1.54) is 12.3 Å². The van der Waals surface area contributed by atoms with Crippen molar-refractivity contribution >= 4 is 5.91 Å². The van der Waals surface area contributed by atoms with Crippen molar-refractivity contribution in [2.45, 2.75) is 13.0 Å². The van der Waals surface area contributed by atoms with Crippen molar-refractivity contribution < 1.29 is 9.53 Å². The molecule has 0 aromatic carbocycles. The Hall–Kier alpha value is -2.61. The maximum Gasteiger partial charge on any atom is 0.274 e. The minimum atomic E-state index is -0.457. The number of nitrogens with one attached hydrogen (secondary N) is 1. The fourth-order valence-electron chi connectivity index (χ4n) is 2.33. The van der Waals surface area contributed by atoms with Crippen molar-refractivity contribution in [3.05, 3.63) is 52.0 Å². The Morgan fingerprint density at radius 1 is 1.50 bits per heavy atom. The number of morpholine rings is 1. The van der Waals surface area contributed by atoms with Crippen LogP contribution in [0.5, 0.6) is 0 Å². The van der Waals surface area contributed by atoms with E-state index in [0.717, 1.165) is 0 Å². The van der Waals surface area contributed by atoms with Gasteiger partial charge < -0.3 is 14.6 Å². The Morgan fingerprint density at radius 3 is 3.09 bits per heavy atom. The number of aromatic amines is 1. The number of amides is 1. The molecule has 0 spiro atoms. The molecule has 3 heterocycles. The van der Waals surface area contributed by atoms with Gasteiger partial charge in [-0.25, -0.2) is 4.98 Å². The van der Waals surface area contributed by atoms with Crippen LogP contribution in [0.1, 0.15) is 28.1 Å². The molecule has 114 valence electrons. The number of ether oxygens (including phenoxy) is 1. The van der Waals surface area contributed by atoms with E-state index in [1.54, 1.807) is 24.0 Å². The minimum absolute atomic E-state index is 0.212. The highest BCUT2D eigenvalue weighted by Crippen LogP contribution is 2.19. The van der Waals surface area contributed by atoms with Gasteiger partial charge in [-0.3, -0.25) is 9.59 Å². The summed E-state index contributed by atoms with van der Waals surface area (Å²) >= 11 is 0. The molecule has 0 radical (unpaired) electrons. The molecule has 8 heteroatoms. The lowest BCUT2D eigenvalue weighted by molar-refractivity contribution is -0.0272. The number of carbonyl (C=O) groups excluding carboxylic acids is 1. The zero-order chi connectivity index (χ0) is 15.5. The molecule has 0 aliphatic carbocycles. The summed E-state index contributed by atoms with van der Waals surface area (Å²) in [6.07, 6.45) is 1.06. The maximum absolute atomic E-state index is 12.4. The molecule has 0 bridgehead atoms. The van der Waals surface area contributed by atoms with Gasteiger partial charge in [-0.05, 0) is 19.1 Å². The average molecular weight is 301 g/mol. The lowest BCUT2D eigenvalue weighted by Gasteiger charge is -2.32. The van der Waals surface area contributed by atoms with Crippen molar-refractivity contribution in [1.29, 1.82) is 0 Å². The number of hydrogen-bond acceptors (Lipinski definition) is 6. The first-order valence-electron chi connectivity index (χ1n) is 6.90. The van der Waals surface area contributed by atoms with Crippen LogP contribution in [0, 0.1) is 6.92 Å². The molecular weight excluding hydrogens is 286 g/mol. The lowest BCUT2D eigenvalue weighted by atomic mass is 10.2. The largest absolute Gasteiger partial charge is 0.367 e. The summed E-state index contributed by atoms with van der Waals surface area (Å²) in [4.78, 5) is 32.5. The molecule has 1 aliphatic heterocycles. The molecule has 0 saturated carbocycles. The van der Waals surface area contributed by atoms with Crippen LogP contribution in [0.3, 0.4) is 0 Å². The van der Waals surface area contributed by atoms with E-state index >= 15 is 0 Å². The highest BCUT2D eigenvalue weighted by Gasteiger charge is 2.28. The van der Waals surface area contributed by atoms with Crippen molar-refractivity contribution in [2.75, 3.05) is 19.7 Å². The Morgan fingerprint density at radius 2 is 2.36 bits per heavy atom. The highest BCUT2D eigenvalue weighted by molar-refractivity contribution is 5.92. The van der Waals surface area contributed by atoms with E-state index in [0.29, 0.717) is 31.2 Å². The number of carbonyl (C=O) groups is 1. The Bertz CT molecular complexity index is 731. The molecule has 2 aromatic heterocycles. The van der Waals surface area contributed by atoms with Crippen LogP contribution in [0.15, 0.2) is 29.2 Å². The molecule has 2 aromatic rings. The molecule has 3 rings (SSSR count). The van der Waals surface area contributed by atoms with Crippen LogP contribution in [0.2, 0.25) is 0 Å². The van der Waals surface area contributed by atoms with Gasteiger partial charge in [0.15, 0.2) is 5.69 Å². The summed E-state index contributed by atoms with van der Waals surface area (Å²) in [5.41, 5.74) is 0.664. The van der Waals surface area contributed by atoms with Crippen molar-refractivity contribution in [3.63, 3.8) is 0 Å². The molecule has 22 heavy (non-hydrogen) atoms. The van der Waals surface area contributed by atoms with Gasteiger partial charge in [0.2, 0.25) is 0 Å². The van der Waals surface area contributed by atoms with E-state index in [-0.39, 0.29) is 17.2 Å². The Kier molecular flexibility index (Phi) is 3.92. The van der Waals surface area contributed by atoms with E-state index < -0.39 is 6.10 Å². The second-order valence-corrected chi connectivity index (χ2v) is 4.99. The standard InChI is InChI=1S/C14H15N5O3/c1-9-7-12(20)17-13(16-9)11-8-19(5-6-22-11)14(21)10-3-2-4-15-18-10/h2-4,7,11H,5-6,8H2,1H3,(H,16,17,20). The lowest BCUT2D eigenvalue weighted by Crippen LogP contribution is -2.43. The zero-order valence-corrected chi connectivity index (χ0v) is 12.0. The first kappa shape index (κ1) is 14.3. The van der Waals surface area contributed by atoms with Crippen molar-refractivity contribution in [3.8, 4) is 0 Å². The summed E-state index contributed by atoms with van der Waals surface area (Å²) in [6.45, 7) is 2.88. The predicted octanol–water partition coefficient (Wildman–Crippen LogP) is 0.0820. The fourth-order valence-corrected chi connectivity index (χ4v) is 2.33. The molecule has 1 amide bonds. The summed E-state index contributed by atoms with van der Waals surface area (Å²) in [5, 5.41) is 7.54. The SMILES string of the molecule is Cc1cc(=O)[nH]c(C2CN(C(=O)c3cccnn3)CCO2)n1. The van der Waals surface area contributed by atoms with Gasteiger partial charge >= 0.3 is 0 Å². The highest BCUT2D eigenvalue weighted by atomic mass is 16.5. The normalized spacial score (nSPS) is 18.2. The number of hydrogen-bond donors (Lipinski definition) is 1. The van der Waals surface area contributed by atoms with Gasteiger partial charge in [-0.15, -0.1) is 5.10 Å². The number of nitrogens with zero attached hydrogens (tertiary/aromatic N) is 4. The summed E-state index contributed by atoms with van der Waals surface area (Å²) in [6, 6.07) is 4.69. The molecule has 1 fully saturated rings. The number of rotatable bonds is 2. The average Bonchev–Trinajstić information content (AvgIpc) is 2.54. The van der Waals surface area contributed by atoms with E-state index in [4.69, 9.17) is 4.74 Å². The van der Waals surface area contributed by atoms with Gasteiger partial charge in [0.25, 0.3) is 11.5 Å². The molecule has 1 atom stereocenters. The molecule has 1 aliphatic rings. The van der Waals surface area contributed by atoms with Gasteiger partial charge in [0.05, 0.1) is 13.2 Å². The third-order valence-electron chi connectivity index (χ3n) is 3.34. The van der Waals surface area contributed by atoms with Crippen LogP contribution in [-0.2, 0) is 4.74 Å². The van der Waals surface area contributed by atoms with Crippen LogP contribution in [0.25, 0.3) is 0 Å². The smallest absolute Gasteiger partial charge is 0.274 e. The molecule has 1 unspecified atom stereocenters.